The third-order valence-electron chi connectivity index (χ3n) is 5.75. The first-order chi connectivity index (χ1) is 13.9. The standard InChI is InChI=1S/C22H22N2O5/c1-3-29-21(28)22(2)17-16(18(23-22)13-9-11-15(25)12-10-13)19(26)24(20(17)27)14-7-5-4-6-8-14/h4-12,16-18,23,25H,3H2,1-2H3/t16-,17+,18-,22-/m1/s1. The van der Waals surface area contributed by atoms with Gasteiger partial charge in [0.05, 0.1) is 24.1 Å². The predicted octanol–water partition coefficient (Wildman–Crippen LogP) is 2.16. The van der Waals surface area contributed by atoms with Gasteiger partial charge in [0, 0.05) is 6.04 Å². The second kappa shape index (κ2) is 7.00. The Kier molecular flexibility index (Phi) is 4.62. The molecule has 0 saturated carbocycles. The number of hydrogen-bond donors (Lipinski definition) is 2. The second-order valence-corrected chi connectivity index (χ2v) is 7.49. The zero-order valence-corrected chi connectivity index (χ0v) is 16.2. The topological polar surface area (TPSA) is 95.9 Å². The van der Waals surface area contributed by atoms with E-state index in [1.165, 1.54) is 17.0 Å². The third-order valence-corrected chi connectivity index (χ3v) is 5.75. The summed E-state index contributed by atoms with van der Waals surface area (Å²) in [6.07, 6.45) is 0. The molecule has 2 aliphatic rings. The van der Waals surface area contributed by atoms with E-state index in [-0.39, 0.29) is 18.3 Å². The predicted molar refractivity (Wildman–Crippen MR) is 105 cm³/mol. The Morgan fingerprint density at radius 1 is 1.10 bits per heavy atom. The molecule has 150 valence electrons. The van der Waals surface area contributed by atoms with Crippen LogP contribution < -0.4 is 10.2 Å². The van der Waals surface area contributed by atoms with E-state index in [9.17, 15) is 19.5 Å². The average Bonchev–Trinajstić information content (AvgIpc) is 3.17. The summed E-state index contributed by atoms with van der Waals surface area (Å²) in [5, 5.41) is 12.8. The Morgan fingerprint density at radius 2 is 1.76 bits per heavy atom. The lowest BCUT2D eigenvalue weighted by Crippen LogP contribution is -2.54. The van der Waals surface area contributed by atoms with Gasteiger partial charge in [-0.3, -0.25) is 19.7 Å². The third kappa shape index (κ3) is 2.89. The molecule has 0 unspecified atom stereocenters. The van der Waals surface area contributed by atoms with E-state index in [0.717, 1.165) is 0 Å². The van der Waals surface area contributed by atoms with E-state index >= 15 is 0 Å². The summed E-state index contributed by atoms with van der Waals surface area (Å²) >= 11 is 0. The van der Waals surface area contributed by atoms with Crippen LogP contribution in [0, 0.1) is 11.8 Å². The molecule has 0 bridgehead atoms. The molecule has 0 radical (unpaired) electrons. The number of nitrogens with one attached hydrogen (secondary N) is 1. The molecule has 2 aliphatic heterocycles. The van der Waals surface area contributed by atoms with Crippen molar-refractivity contribution in [1.82, 2.24) is 5.32 Å². The van der Waals surface area contributed by atoms with Crippen molar-refractivity contribution in [3.05, 3.63) is 60.2 Å². The number of imide groups is 1. The molecule has 0 spiro atoms. The van der Waals surface area contributed by atoms with E-state index in [2.05, 4.69) is 5.32 Å². The maximum Gasteiger partial charge on any atom is 0.326 e. The van der Waals surface area contributed by atoms with Crippen LogP contribution >= 0.6 is 0 Å². The summed E-state index contributed by atoms with van der Waals surface area (Å²) in [4.78, 5) is 40.7. The number of aromatic hydroxyl groups is 1. The lowest BCUT2D eigenvalue weighted by molar-refractivity contribution is -0.153. The average molecular weight is 394 g/mol. The quantitative estimate of drug-likeness (QED) is 0.610. The van der Waals surface area contributed by atoms with E-state index in [4.69, 9.17) is 4.74 Å². The largest absolute Gasteiger partial charge is 0.508 e. The number of phenolic OH excluding ortho intramolecular Hbond substituents is 1. The molecule has 0 aliphatic carbocycles. The minimum absolute atomic E-state index is 0.0937. The summed E-state index contributed by atoms with van der Waals surface area (Å²) in [6, 6.07) is 14.5. The highest BCUT2D eigenvalue weighted by Crippen LogP contribution is 2.50. The van der Waals surface area contributed by atoms with Crippen LogP contribution in [0.3, 0.4) is 0 Å². The normalized spacial score (nSPS) is 28.5. The fourth-order valence-corrected chi connectivity index (χ4v) is 4.41. The van der Waals surface area contributed by atoms with Crippen molar-refractivity contribution in [2.45, 2.75) is 25.4 Å². The van der Waals surface area contributed by atoms with E-state index < -0.39 is 35.3 Å². The molecular formula is C22H22N2O5. The molecule has 4 rings (SSSR count). The highest BCUT2D eigenvalue weighted by molar-refractivity contribution is 6.24. The lowest BCUT2D eigenvalue weighted by atomic mass is 9.80. The maximum absolute atomic E-state index is 13.4. The zero-order chi connectivity index (χ0) is 20.8. The Hall–Kier alpha value is -3.19. The van der Waals surface area contributed by atoms with Crippen molar-refractivity contribution < 1.29 is 24.2 Å². The first kappa shape index (κ1) is 19.1. The van der Waals surface area contributed by atoms with Gasteiger partial charge in [0.2, 0.25) is 11.8 Å². The fourth-order valence-electron chi connectivity index (χ4n) is 4.41. The SMILES string of the molecule is CCOC(=O)[C@]1(C)N[C@H](c2ccc(O)cc2)[C@@H]2C(=O)N(c3ccccc3)C(=O)[C@H]21. The maximum atomic E-state index is 13.4. The number of fused-ring (bicyclic) bond motifs is 1. The Bertz CT molecular complexity index is 959. The van der Waals surface area contributed by atoms with Crippen LogP contribution in [0.1, 0.15) is 25.5 Å². The van der Waals surface area contributed by atoms with Crippen LogP contribution in [0.5, 0.6) is 5.75 Å². The van der Waals surface area contributed by atoms with Crippen molar-refractivity contribution in [2.24, 2.45) is 11.8 Å². The van der Waals surface area contributed by atoms with E-state index in [1.54, 1.807) is 56.3 Å². The highest BCUT2D eigenvalue weighted by Gasteiger charge is 2.67. The molecule has 2 fully saturated rings. The number of carbonyl (C=O) groups is 3. The number of esters is 1. The number of benzene rings is 2. The van der Waals surface area contributed by atoms with Gasteiger partial charge in [-0.1, -0.05) is 30.3 Å². The van der Waals surface area contributed by atoms with Crippen LogP contribution in [-0.2, 0) is 19.1 Å². The first-order valence-corrected chi connectivity index (χ1v) is 9.55. The molecule has 29 heavy (non-hydrogen) atoms. The van der Waals surface area contributed by atoms with Gasteiger partial charge in [0.1, 0.15) is 11.3 Å². The van der Waals surface area contributed by atoms with Crippen molar-refractivity contribution in [3.8, 4) is 5.75 Å². The van der Waals surface area contributed by atoms with Gasteiger partial charge in [-0.25, -0.2) is 4.90 Å². The number of para-hydroxylation sites is 1. The van der Waals surface area contributed by atoms with Crippen LogP contribution in [0.2, 0.25) is 0 Å². The lowest BCUT2D eigenvalue weighted by Gasteiger charge is -2.29. The van der Waals surface area contributed by atoms with Crippen LogP contribution in [-0.4, -0.2) is 35.0 Å². The Balaban J connectivity index is 1.81. The minimum Gasteiger partial charge on any atom is -0.508 e. The molecule has 2 N–H and O–H groups in total. The Labute approximate surface area is 168 Å². The highest BCUT2D eigenvalue weighted by atomic mass is 16.5. The van der Waals surface area contributed by atoms with E-state index in [1.807, 2.05) is 0 Å². The number of nitrogens with zero attached hydrogens (tertiary/aromatic N) is 1. The first-order valence-electron chi connectivity index (χ1n) is 9.55. The van der Waals surface area contributed by atoms with E-state index in [0.29, 0.717) is 11.3 Å². The molecule has 7 nitrogen and oxygen atoms in total. The second-order valence-electron chi connectivity index (χ2n) is 7.49. The van der Waals surface area contributed by atoms with Crippen LogP contribution in [0.15, 0.2) is 54.6 Å². The van der Waals surface area contributed by atoms with Gasteiger partial charge >= 0.3 is 5.97 Å². The van der Waals surface area contributed by atoms with Crippen molar-refractivity contribution >= 4 is 23.5 Å². The summed E-state index contributed by atoms with van der Waals surface area (Å²) in [5.74, 6) is -2.90. The number of hydrogen-bond acceptors (Lipinski definition) is 6. The number of ether oxygens (including phenoxy) is 1. The number of phenols is 1. The van der Waals surface area contributed by atoms with Gasteiger partial charge in [-0.15, -0.1) is 0 Å². The van der Waals surface area contributed by atoms with Gasteiger partial charge in [-0.05, 0) is 43.7 Å². The molecule has 2 saturated heterocycles. The monoisotopic (exact) mass is 394 g/mol. The molecule has 2 heterocycles. The number of rotatable bonds is 4. The molecule has 2 aromatic carbocycles. The van der Waals surface area contributed by atoms with Crippen LogP contribution in [0.25, 0.3) is 0 Å². The number of amides is 2. The Morgan fingerprint density at radius 3 is 2.38 bits per heavy atom. The van der Waals surface area contributed by atoms with Gasteiger partial charge in [0.25, 0.3) is 0 Å². The smallest absolute Gasteiger partial charge is 0.326 e. The molecule has 2 amide bonds. The van der Waals surface area contributed by atoms with Gasteiger partial charge in [-0.2, -0.15) is 0 Å². The fraction of sp³-hybridized carbons (Fsp3) is 0.318. The molecular weight excluding hydrogens is 372 g/mol. The summed E-state index contributed by atoms with van der Waals surface area (Å²) < 4.78 is 5.24. The number of carbonyl (C=O) groups excluding carboxylic acids is 3. The molecule has 2 aromatic rings. The summed E-state index contributed by atoms with van der Waals surface area (Å²) in [5.41, 5.74) is -0.158. The molecule has 4 atom stereocenters. The zero-order valence-electron chi connectivity index (χ0n) is 16.2. The van der Waals surface area contributed by atoms with Gasteiger partial charge in [0.15, 0.2) is 0 Å². The van der Waals surface area contributed by atoms with Crippen LogP contribution in [0.4, 0.5) is 5.69 Å². The summed E-state index contributed by atoms with van der Waals surface area (Å²) in [7, 11) is 0. The minimum atomic E-state index is -1.35. The summed E-state index contributed by atoms with van der Waals surface area (Å²) in [6.45, 7) is 3.48. The van der Waals surface area contributed by atoms with Crippen molar-refractivity contribution in [1.29, 1.82) is 0 Å². The number of anilines is 1. The van der Waals surface area contributed by atoms with Gasteiger partial charge < -0.3 is 9.84 Å². The molecule has 7 heteroatoms. The molecule has 0 aromatic heterocycles. The van der Waals surface area contributed by atoms with Crippen molar-refractivity contribution in [2.75, 3.05) is 11.5 Å². The van der Waals surface area contributed by atoms with Crippen molar-refractivity contribution in [3.63, 3.8) is 0 Å².